The van der Waals surface area contributed by atoms with E-state index in [1.807, 2.05) is 18.2 Å². The largest absolute Gasteiger partial charge is 0.354 e. The molecule has 31 heavy (non-hydrogen) atoms. The van der Waals surface area contributed by atoms with Crippen LogP contribution in [0.25, 0.3) is 0 Å². The number of nitrogens with one attached hydrogen (secondary N) is 1. The summed E-state index contributed by atoms with van der Waals surface area (Å²) in [7, 11) is -0.398. The van der Waals surface area contributed by atoms with Crippen LogP contribution in [0.3, 0.4) is 0 Å². The molecule has 164 valence electrons. The van der Waals surface area contributed by atoms with Crippen molar-refractivity contribution in [2.24, 2.45) is 0 Å². The summed E-state index contributed by atoms with van der Waals surface area (Å²) in [5, 5.41) is 11.6. The van der Waals surface area contributed by atoms with Gasteiger partial charge in [0, 0.05) is 51.5 Å². The second kappa shape index (κ2) is 9.87. The van der Waals surface area contributed by atoms with Crippen molar-refractivity contribution in [2.75, 3.05) is 51.7 Å². The van der Waals surface area contributed by atoms with Crippen molar-refractivity contribution < 1.29 is 13.2 Å². The molecule has 0 radical (unpaired) electrons. The number of carbonyl (C=O) groups is 1. The summed E-state index contributed by atoms with van der Waals surface area (Å²) in [5.41, 5.74) is 1.25. The van der Waals surface area contributed by atoms with E-state index >= 15 is 0 Å². The minimum atomic E-state index is -3.83. The molecule has 1 saturated heterocycles. The number of nitrogens with zero attached hydrogens (tertiary/aromatic N) is 5. The Balaban J connectivity index is 1.61. The van der Waals surface area contributed by atoms with Crippen molar-refractivity contribution in [2.45, 2.75) is 11.4 Å². The van der Waals surface area contributed by atoms with Gasteiger partial charge in [-0.25, -0.2) is 13.4 Å². The molecule has 1 fully saturated rings. The van der Waals surface area contributed by atoms with Gasteiger partial charge in [0.2, 0.25) is 15.9 Å². The summed E-state index contributed by atoms with van der Waals surface area (Å²) in [6.07, 6.45) is 1.73. The molecule has 0 atom stereocenters. The minimum absolute atomic E-state index is 0.0337. The lowest BCUT2D eigenvalue weighted by molar-refractivity contribution is -0.121. The number of carbonyl (C=O) groups excluding carboxylic acids is 1. The maximum Gasteiger partial charge on any atom is 0.243 e. The molecule has 1 aromatic heterocycles. The first-order chi connectivity index (χ1) is 14.8. The lowest BCUT2D eigenvalue weighted by atomic mass is 10.2. The highest BCUT2D eigenvalue weighted by Gasteiger charge is 2.23. The topological polar surface area (TPSA) is 110 Å². The molecule has 1 amide bonds. The van der Waals surface area contributed by atoms with Crippen LogP contribution in [0.4, 0.5) is 5.82 Å². The van der Waals surface area contributed by atoms with Crippen molar-refractivity contribution in [3.8, 4) is 6.07 Å². The fourth-order valence-electron chi connectivity index (χ4n) is 3.29. The van der Waals surface area contributed by atoms with Gasteiger partial charge in [-0.15, -0.1) is 0 Å². The maximum atomic E-state index is 12.7. The van der Waals surface area contributed by atoms with Gasteiger partial charge in [-0.05, 0) is 37.4 Å². The van der Waals surface area contributed by atoms with Gasteiger partial charge < -0.3 is 15.1 Å². The Morgan fingerprint density at radius 1 is 1.19 bits per heavy atom. The van der Waals surface area contributed by atoms with E-state index in [2.05, 4.69) is 27.1 Å². The third-order valence-corrected chi connectivity index (χ3v) is 7.02. The third kappa shape index (κ3) is 5.58. The Kier molecular flexibility index (Phi) is 7.22. The summed E-state index contributed by atoms with van der Waals surface area (Å²) in [4.78, 5) is 21.4. The summed E-state index contributed by atoms with van der Waals surface area (Å²) in [5.74, 6) is 0.433. The summed E-state index contributed by atoms with van der Waals surface area (Å²) >= 11 is 0. The number of pyridine rings is 1. The van der Waals surface area contributed by atoms with E-state index in [0.717, 1.165) is 41.9 Å². The number of aromatic nitrogens is 1. The number of anilines is 1. The summed E-state index contributed by atoms with van der Waals surface area (Å²) in [6.45, 7) is 3.56. The highest BCUT2D eigenvalue weighted by Crippen LogP contribution is 2.19. The van der Waals surface area contributed by atoms with E-state index in [0.29, 0.717) is 5.56 Å². The molecular weight excluding hydrogens is 416 g/mol. The fraction of sp³-hybridized carbons (Fsp3) is 0.381. The molecule has 0 unspecified atom stereocenters. The molecule has 0 aliphatic carbocycles. The normalized spacial score (nSPS) is 15.0. The zero-order valence-corrected chi connectivity index (χ0v) is 18.5. The molecule has 2 heterocycles. The molecule has 10 heteroatoms. The van der Waals surface area contributed by atoms with E-state index in [1.165, 1.54) is 31.3 Å². The smallest absolute Gasteiger partial charge is 0.243 e. The predicted molar refractivity (Wildman–Crippen MR) is 117 cm³/mol. The number of sulfonamides is 1. The molecule has 0 bridgehead atoms. The molecular formula is C21H26N6O3S. The number of piperazine rings is 1. The Labute approximate surface area is 182 Å². The molecule has 1 aliphatic rings. The number of hydrogen-bond donors (Lipinski definition) is 1. The summed E-state index contributed by atoms with van der Waals surface area (Å²) in [6, 6.07) is 11.3. The second-order valence-corrected chi connectivity index (χ2v) is 9.50. The molecule has 0 saturated carbocycles. The van der Waals surface area contributed by atoms with Gasteiger partial charge in [-0.1, -0.05) is 6.07 Å². The Bertz CT molecular complexity index is 1060. The first kappa shape index (κ1) is 22.7. The van der Waals surface area contributed by atoms with E-state index in [4.69, 9.17) is 5.26 Å². The van der Waals surface area contributed by atoms with Crippen LogP contribution in [0.5, 0.6) is 0 Å². The quantitative estimate of drug-likeness (QED) is 0.670. The highest BCUT2D eigenvalue weighted by molar-refractivity contribution is 7.89. The van der Waals surface area contributed by atoms with Gasteiger partial charge in [-0.3, -0.25) is 4.79 Å². The standard InChI is InChI=1S/C21H26N6O3S/c1-25-10-12-27(13-11-25)21-18(4-3-9-23-21)15-24-20(28)16-26(2)31(29,30)19-7-5-17(14-22)6-8-19/h3-9H,10-13,15-16H2,1-2H3,(H,24,28). The average molecular weight is 443 g/mol. The van der Waals surface area contributed by atoms with Gasteiger partial charge in [0.05, 0.1) is 23.1 Å². The first-order valence-electron chi connectivity index (χ1n) is 9.92. The number of likely N-dealkylation sites (N-methyl/N-ethyl adjacent to an activating group) is 2. The van der Waals surface area contributed by atoms with Crippen molar-refractivity contribution in [1.29, 1.82) is 5.26 Å². The SMILES string of the molecule is CN1CCN(c2ncccc2CNC(=O)CN(C)S(=O)(=O)c2ccc(C#N)cc2)CC1. The number of amides is 1. The lowest BCUT2D eigenvalue weighted by Gasteiger charge is -2.34. The average Bonchev–Trinajstić information content (AvgIpc) is 2.78. The van der Waals surface area contributed by atoms with Gasteiger partial charge in [0.15, 0.2) is 0 Å². The van der Waals surface area contributed by atoms with Crippen LogP contribution in [0.1, 0.15) is 11.1 Å². The summed E-state index contributed by atoms with van der Waals surface area (Å²) < 4.78 is 26.3. The number of rotatable bonds is 7. The molecule has 3 rings (SSSR count). The van der Waals surface area contributed by atoms with E-state index in [9.17, 15) is 13.2 Å². The van der Waals surface area contributed by atoms with Crippen LogP contribution in [0.15, 0.2) is 47.5 Å². The third-order valence-electron chi connectivity index (χ3n) is 5.20. The lowest BCUT2D eigenvalue weighted by Crippen LogP contribution is -2.45. The van der Waals surface area contributed by atoms with Crippen LogP contribution in [0, 0.1) is 11.3 Å². The maximum absolute atomic E-state index is 12.7. The monoisotopic (exact) mass is 442 g/mol. The van der Waals surface area contributed by atoms with Crippen LogP contribution in [0.2, 0.25) is 0 Å². The number of nitriles is 1. The molecule has 2 aromatic rings. The van der Waals surface area contributed by atoms with Gasteiger partial charge in [0.1, 0.15) is 5.82 Å². The molecule has 9 nitrogen and oxygen atoms in total. The van der Waals surface area contributed by atoms with Gasteiger partial charge in [-0.2, -0.15) is 9.57 Å². The number of hydrogen-bond acceptors (Lipinski definition) is 7. The molecule has 1 aliphatic heterocycles. The Morgan fingerprint density at radius 2 is 1.87 bits per heavy atom. The van der Waals surface area contributed by atoms with Crippen LogP contribution >= 0.6 is 0 Å². The molecule has 1 aromatic carbocycles. The van der Waals surface area contributed by atoms with Crippen molar-refractivity contribution in [3.63, 3.8) is 0 Å². The van der Waals surface area contributed by atoms with Crippen molar-refractivity contribution in [1.82, 2.24) is 19.5 Å². The predicted octanol–water partition coefficient (Wildman–Crippen LogP) is 0.642. The van der Waals surface area contributed by atoms with E-state index in [-0.39, 0.29) is 18.0 Å². The number of benzene rings is 1. The Morgan fingerprint density at radius 3 is 2.52 bits per heavy atom. The van der Waals surface area contributed by atoms with Gasteiger partial charge in [0.25, 0.3) is 0 Å². The second-order valence-electron chi connectivity index (χ2n) is 7.45. The van der Waals surface area contributed by atoms with Gasteiger partial charge >= 0.3 is 0 Å². The molecule has 0 spiro atoms. The van der Waals surface area contributed by atoms with Crippen LogP contribution < -0.4 is 10.2 Å². The first-order valence-corrected chi connectivity index (χ1v) is 11.4. The van der Waals surface area contributed by atoms with Crippen molar-refractivity contribution in [3.05, 3.63) is 53.7 Å². The minimum Gasteiger partial charge on any atom is -0.354 e. The van der Waals surface area contributed by atoms with Crippen LogP contribution in [-0.4, -0.2) is 75.3 Å². The van der Waals surface area contributed by atoms with Crippen molar-refractivity contribution >= 4 is 21.7 Å². The van der Waals surface area contributed by atoms with Crippen LogP contribution in [-0.2, 0) is 21.4 Å². The zero-order chi connectivity index (χ0) is 22.4. The fourth-order valence-corrected chi connectivity index (χ4v) is 4.42. The molecule has 1 N–H and O–H groups in total. The Hall–Kier alpha value is -3.00. The van der Waals surface area contributed by atoms with E-state index in [1.54, 1.807) is 6.20 Å². The highest BCUT2D eigenvalue weighted by atomic mass is 32.2. The zero-order valence-electron chi connectivity index (χ0n) is 17.7. The van der Waals surface area contributed by atoms with E-state index < -0.39 is 15.9 Å².